The average molecular weight is 251 g/mol. The number of hydrogen-bond acceptors (Lipinski definition) is 3. The summed E-state index contributed by atoms with van der Waals surface area (Å²) < 4.78 is 2.89. The number of thioether (sulfide) groups is 1. The van der Waals surface area contributed by atoms with E-state index in [0.717, 1.165) is 19.6 Å². The third-order valence-electron chi connectivity index (χ3n) is 4.35. The molecule has 2 aliphatic rings. The largest absolute Gasteiger partial charge is 0.333 e. The van der Waals surface area contributed by atoms with E-state index in [1.807, 2.05) is 6.33 Å². The molecule has 1 aliphatic heterocycles. The SMILES string of the molecule is CSC1(Cn2cncc2C2CNC2)CCCC1. The van der Waals surface area contributed by atoms with Gasteiger partial charge in [-0.15, -0.1) is 0 Å². The van der Waals surface area contributed by atoms with Crippen molar-refractivity contribution in [2.75, 3.05) is 19.3 Å². The Labute approximate surface area is 107 Å². The lowest BCUT2D eigenvalue weighted by atomic mass is 9.99. The smallest absolute Gasteiger partial charge is 0.0948 e. The van der Waals surface area contributed by atoms with Crippen LogP contribution in [-0.2, 0) is 6.54 Å². The van der Waals surface area contributed by atoms with Gasteiger partial charge in [0.2, 0.25) is 0 Å². The summed E-state index contributed by atoms with van der Waals surface area (Å²) in [4.78, 5) is 4.36. The lowest BCUT2D eigenvalue weighted by Crippen LogP contribution is -2.41. The minimum atomic E-state index is 0.479. The molecule has 1 aliphatic carbocycles. The van der Waals surface area contributed by atoms with Crippen LogP contribution in [0.25, 0.3) is 0 Å². The van der Waals surface area contributed by atoms with E-state index < -0.39 is 0 Å². The second-order valence-electron chi connectivity index (χ2n) is 5.40. The molecule has 2 heterocycles. The summed E-state index contributed by atoms with van der Waals surface area (Å²) in [6.45, 7) is 3.40. The maximum atomic E-state index is 4.36. The molecule has 17 heavy (non-hydrogen) atoms. The third-order valence-corrected chi connectivity index (χ3v) is 5.75. The van der Waals surface area contributed by atoms with E-state index in [1.165, 1.54) is 31.4 Å². The first-order chi connectivity index (χ1) is 8.33. The molecule has 1 aromatic heterocycles. The van der Waals surface area contributed by atoms with Gasteiger partial charge in [-0.2, -0.15) is 11.8 Å². The molecule has 4 heteroatoms. The van der Waals surface area contributed by atoms with Crippen molar-refractivity contribution < 1.29 is 0 Å². The number of aromatic nitrogens is 2. The second kappa shape index (κ2) is 4.65. The topological polar surface area (TPSA) is 29.9 Å². The van der Waals surface area contributed by atoms with Gasteiger partial charge >= 0.3 is 0 Å². The van der Waals surface area contributed by atoms with Gasteiger partial charge in [-0.3, -0.25) is 0 Å². The van der Waals surface area contributed by atoms with Crippen molar-refractivity contribution >= 4 is 11.8 Å². The maximum Gasteiger partial charge on any atom is 0.0948 e. The van der Waals surface area contributed by atoms with Gasteiger partial charge in [0.1, 0.15) is 0 Å². The van der Waals surface area contributed by atoms with Crippen LogP contribution in [-0.4, -0.2) is 33.6 Å². The van der Waals surface area contributed by atoms with Crippen molar-refractivity contribution in [3.05, 3.63) is 18.2 Å². The first kappa shape index (κ1) is 11.6. The molecular weight excluding hydrogens is 230 g/mol. The Balaban J connectivity index is 1.77. The number of imidazole rings is 1. The Bertz CT molecular complexity index is 378. The van der Waals surface area contributed by atoms with Crippen LogP contribution in [0.1, 0.15) is 37.3 Å². The van der Waals surface area contributed by atoms with Gasteiger partial charge in [0.15, 0.2) is 0 Å². The van der Waals surface area contributed by atoms with Crippen LogP contribution >= 0.6 is 11.8 Å². The number of hydrogen-bond donors (Lipinski definition) is 1. The molecule has 0 amide bonds. The molecule has 2 fully saturated rings. The van der Waals surface area contributed by atoms with Gasteiger partial charge in [-0.1, -0.05) is 12.8 Å². The van der Waals surface area contributed by atoms with Crippen LogP contribution in [0, 0.1) is 0 Å². The Hall–Kier alpha value is -0.480. The van der Waals surface area contributed by atoms with E-state index in [1.54, 1.807) is 0 Å². The van der Waals surface area contributed by atoms with Gasteiger partial charge in [-0.05, 0) is 19.1 Å². The lowest BCUT2D eigenvalue weighted by Gasteiger charge is -2.32. The predicted molar refractivity (Wildman–Crippen MR) is 72.6 cm³/mol. The fraction of sp³-hybridized carbons (Fsp3) is 0.769. The van der Waals surface area contributed by atoms with Crippen LogP contribution in [0.5, 0.6) is 0 Å². The fourth-order valence-electron chi connectivity index (χ4n) is 3.06. The lowest BCUT2D eigenvalue weighted by molar-refractivity contribution is 0.408. The van der Waals surface area contributed by atoms with E-state index in [-0.39, 0.29) is 0 Å². The molecular formula is C13H21N3S. The van der Waals surface area contributed by atoms with Crippen LogP contribution in [0.15, 0.2) is 12.5 Å². The molecule has 0 atom stereocenters. The van der Waals surface area contributed by atoms with Gasteiger partial charge in [0.25, 0.3) is 0 Å². The molecule has 0 aromatic carbocycles. The molecule has 0 spiro atoms. The summed E-state index contributed by atoms with van der Waals surface area (Å²) in [6, 6.07) is 0. The zero-order chi connectivity index (χ0) is 11.7. The van der Waals surface area contributed by atoms with Crippen molar-refractivity contribution in [1.29, 1.82) is 0 Å². The highest BCUT2D eigenvalue weighted by atomic mass is 32.2. The molecule has 3 rings (SSSR count). The molecule has 0 bridgehead atoms. The number of rotatable bonds is 4. The maximum absolute atomic E-state index is 4.36. The summed E-state index contributed by atoms with van der Waals surface area (Å²) in [6.07, 6.45) is 11.9. The predicted octanol–water partition coefficient (Wildman–Crippen LogP) is 2.25. The summed E-state index contributed by atoms with van der Waals surface area (Å²) in [7, 11) is 0. The first-order valence-electron chi connectivity index (χ1n) is 6.59. The van der Waals surface area contributed by atoms with Crippen molar-refractivity contribution in [2.45, 2.75) is 42.9 Å². The van der Waals surface area contributed by atoms with Crippen molar-refractivity contribution in [1.82, 2.24) is 14.9 Å². The van der Waals surface area contributed by atoms with Crippen molar-refractivity contribution in [2.24, 2.45) is 0 Å². The molecule has 94 valence electrons. The third kappa shape index (κ3) is 2.13. The summed E-state index contributed by atoms with van der Waals surface area (Å²) in [5, 5.41) is 3.35. The number of nitrogens with zero attached hydrogens (tertiary/aromatic N) is 2. The molecule has 1 aromatic rings. The van der Waals surface area contributed by atoms with E-state index in [0.29, 0.717) is 10.7 Å². The molecule has 0 unspecified atom stereocenters. The Kier molecular flexibility index (Phi) is 3.17. The summed E-state index contributed by atoms with van der Waals surface area (Å²) in [5.74, 6) is 0.692. The first-order valence-corrected chi connectivity index (χ1v) is 7.81. The molecule has 1 saturated carbocycles. The summed E-state index contributed by atoms with van der Waals surface area (Å²) >= 11 is 2.06. The Morgan fingerprint density at radius 3 is 2.82 bits per heavy atom. The highest BCUT2D eigenvalue weighted by molar-refractivity contribution is 8.00. The van der Waals surface area contributed by atoms with Gasteiger partial charge in [0.05, 0.1) is 6.33 Å². The van der Waals surface area contributed by atoms with Crippen molar-refractivity contribution in [3.8, 4) is 0 Å². The van der Waals surface area contributed by atoms with Crippen LogP contribution in [0.2, 0.25) is 0 Å². The summed E-state index contributed by atoms with van der Waals surface area (Å²) in [5.41, 5.74) is 1.43. The molecule has 1 saturated heterocycles. The standard InChI is InChI=1S/C13H21N3S/c1-17-13(4-2-3-5-13)9-16-10-15-8-12(16)11-6-14-7-11/h8,10-11,14H,2-7,9H2,1H3. The average Bonchev–Trinajstić information content (AvgIpc) is 2.88. The second-order valence-corrected chi connectivity index (χ2v) is 6.67. The number of nitrogens with one attached hydrogen (secondary N) is 1. The van der Waals surface area contributed by atoms with E-state index in [4.69, 9.17) is 0 Å². The van der Waals surface area contributed by atoms with Crippen LogP contribution in [0.4, 0.5) is 0 Å². The Morgan fingerprint density at radius 2 is 2.24 bits per heavy atom. The highest BCUT2D eigenvalue weighted by Gasteiger charge is 2.34. The molecule has 3 nitrogen and oxygen atoms in total. The normalized spacial score (nSPS) is 23.8. The van der Waals surface area contributed by atoms with Gasteiger partial charge in [-0.25, -0.2) is 4.98 Å². The minimum absolute atomic E-state index is 0.479. The molecule has 0 radical (unpaired) electrons. The van der Waals surface area contributed by atoms with Crippen LogP contribution in [0.3, 0.4) is 0 Å². The minimum Gasteiger partial charge on any atom is -0.333 e. The zero-order valence-electron chi connectivity index (χ0n) is 10.5. The molecule has 1 N–H and O–H groups in total. The van der Waals surface area contributed by atoms with Gasteiger partial charge < -0.3 is 9.88 Å². The van der Waals surface area contributed by atoms with E-state index >= 15 is 0 Å². The highest BCUT2D eigenvalue weighted by Crippen LogP contribution is 2.42. The zero-order valence-corrected chi connectivity index (χ0v) is 11.3. The Morgan fingerprint density at radius 1 is 1.47 bits per heavy atom. The fourth-order valence-corrected chi connectivity index (χ4v) is 4.02. The van der Waals surface area contributed by atoms with Gasteiger partial charge in [0, 0.05) is 42.2 Å². The van der Waals surface area contributed by atoms with Crippen LogP contribution < -0.4 is 5.32 Å². The van der Waals surface area contributed by atoms with E-state index in [9.17, 15) is 0 Å². The monoisotopic (exact) mass is 251 g/mol. The van der Waals surface area contributed by atoms with Crippen molar-refractivity contribution in [3.63, 3.8) is 0 Å². The quantitative estimate of drug-likeness (QED) is 0.890. The van der Waals surface area contributed by atoms with E-state index in [2.05, 4.69) is 39.1 Å².